The molecule has 2 nitrogen and oxygen atoms in total. The molecule has 0 aromatic carbocycles. The van der Waals surface area contributed by atoms with Crippen LogP contribution in [0.3, 0.4) is 0 Å². The number of hydrogen-bond donors (Lipinski definition) is 0. The average molecular weight is 250 g/mol. The molecule has 78 valence electrons. The van der Waals surface area contributed by atoms with Crippen LogP contribution in [0.15, 0.2) is 0 Å². The molecular weight excluding hydrogens is 230 g/mol. The zero-order valence-electron chi connectivity index (χ0n) is 9.44. The van der Waals surface area contributed by atoms with E-state index in [1.54, 1.807) is 0 Å². The van der Waals surface area contributed by atoms with Gasteiger partial charge < -0.3 is 4.90 Å². The number of alkyl halides is 1. The summed E-state index contributed by atoms with van der Waals surface area (Å²) in [6.45, 7) is 9.92. The third-order valence-electron chi connectivity index (χ3n) is 2.18. The van der Waals surface area contributed by atoms with Crippen molar-refractivity contribution in [1.29, 1.82) is 0 Å². The van der Waals surface area contributed by atoms with Crippen LogP contribution in [-0.2, 0) is 4.79 Å². The molecule has 0 spiro atoms. The molecule has 13 heavy (non-hydrogen) atoms. The molecule has 0 rings (SSSR count). The minimum Gasteiger partial charge on any atom is -0.339 e. The SMILES string of the molecule is CN(C(=O)C(C)(C)C)C(C)(C)CBr. The maximum Gasteiger partial charge on any atom is 0.228 e. The molecule has 0 N–H and O–H groups in total. The fraction of sp³-hybridized carbons (Fsp3) is 0.900. The van der Waals surface area contributed by atoms with Gasteiger partial charge in [0.15, 0.2) is 0 Å². The Labute approximate surface area is 89.8 Å². The molecule has 3 heteroatoms. The molecule has 0 aliphatic carbocycles. The van der Waals surface area contributed by atoms with E-state index in [1.807, 2.05) is 46.6 Å². The van der Waals surface area contributed by atoms with E-state index in [9.17, 15) is 4.79 Å². The van der Waals surface area contributed by atoms with Gasteiger partial charge in [0.05, 0.1) is 0 Å². The Hall–Kier alpha value is -0.0500. The minimum absolute atomic E-state index is 0.121. The molecule has 0 saturated carbocycles. The molecule has 0 saturated heterocycles. The van der Waals surface area contributed by atoms with Gasteiger partial charge in [0.1, 0.15) is 0 Å². The summed E-state index contributed by atoms with van der Waals surface area (Å²) in [5.41, 5.74) is -0.418. The second-order valence-corrected chi connectivity index (χ2v) is 5.62. The van der Waals surface area contributed by atoms with Gasteiger partial charge in [-0.2, -0.15) is 0 Å². The summed E-state index contributed by atoms with van der Waals surface area (Å²) in [6.07, 6.45) is 0. The van der Waals surface area contributed by atoms with Crippen molar-refractivity contribution in [1.82, 2.24) is 4.90 Å². The Balaban J connectivity index is 4.62. The fourth-order valence-electron chi connectivity index (χ4n) is 0.868. The lowest BCUT2D eigenvalue weighted by atomic mass is 9.92. The van der Waals surface area contributed by atoms with Gasteiger partial charge in [-0.1, -0.05) is 36.7 Å². The highest BCUT2D eigenvalue weighted by Gasteiger charge is 2.33. The van der Waals surface area contributed by atoms with Gasteiger partial charge in [0, 0.05) is 23.3 Å². The van der Waals surface area contributed by atoms with Crippen molar-refractivity contribution in [2.45, 2.75) is 40.2 Å². The van der Waals surface area contributed by atoms with E-state index in [-0.39, 0.29) is 16.9 Å². The van der Waals surface area contributed by atoms with Crippen molar-refractivity contribution in [2.24, 2.45) is 5.41 Å². The van der Waals surface area contributed by atoms with Crippen molar-refractivity contribution in [2.75, 3.05) is 12.4 Å². The first-order valence-corrected chi connectivity index (χ1v) is 5.59. The van der Waals surface area contributed by atoms with Crippen molar-refractivity contribution in [3.8, 4) is 0 Å². The maximum absolute atomic E-state index is 11.9. The third-order valence-corrected chi connectivity index (χ3v) is 3.55. The lowest BCUT2D eigenvalue weighted by molar-refractivity contribution is -0.142. The second kappa shape index (κ2) is 3.99. The maximum atomic E-state index is 11.9. The summed E-state index contributed by atoms with van der Waals surface area (Å²) in [7, 11) is 1.86. The largest absolute Gasteiger partial charge is 0.339 e. The number of nitrogens with zero attached hydrogens (tertiary/aromatic N) is 1. The average Bonchev–Trinajstić information content (AvgIpc) is 2.00. The third kappa shape index (κ3) is 3.29. The number of carbonyl (C=O) groups is 1. The molecular formula is C10H20BrNO. The van der Waals surface area contributed by atoms with E-state index in [0.29, 0.717) is 0 Å². The van der Waals surface area contributed by atoms with Crippen LogP contribution in [0.4, 0.5) is 0 Å². The molecule has 1 amide bonds. The summed E-state index contributed by atoms with van der Waals surface area (Å²) < 4.78 is 0. The zero-order valence-corrected chi connectivity index (χ0v) is 11.0. The lowest BCUT2D eigenvalue weighted by Gasteiger charge is -2.38. The molecule has 0 aliphatic heterocycles. The van der Waals surface area contributed by atoms with Crippen LogP contribution in [0.25, 0.3) is 0 Å². The van der Waals surface area contributed by atoms with E-state index in [2.05, 4.69) is 15.9 Å². The Morgan fingerprint density at radius 3 is 1.85 bits per heavy atom. The summed E-state index contributed by atoms with van der Waals surface area (Å²) in [4.78, 5) is 13.7. The molecule has 0 aromatic heterocycles. The van der Waals surface area contributed by atoms with Crippen LogP contribution in [0.1, 0.15) is 34.6 Å². The van der Waals surface area contributed by atoms with E-state index < -0.39 is 0 Å². The predicted octanol–water partition coefficient (Wildman–Crippen LogP) is 2.66. The molecule has 0 unspecified atom stereocenters. The lowest BCUT2D eigenvalue weighted by Crippen LogP contribution is -2.50. The minimum atomic E-state index is -0.297. The summed E-state index contributed by atoms with van der Waals surface area (Å²) in [6, 6.07) is 0. The molecule has 0 bridgehead atoms. The van der Waals surface area contributed by atoms with Crippen molar-refractivity contribution >= 4 is 21.8 Å². The van der Waals surface area contributed by atoms with Gasteiger partial charge in [-0.3, -0.25) is 4.79 Å². The van der Waals surface area contributed by atoms with Crippen LogP contribution in [0.5, 0.6) is 0 Å². The first-order chi connectivity index (χ1) is 5.63. The van der Waals surface area contributed by atoms with Crippen LogP contribution < -0.4 is 0 Å². The molecule has 0 fully saturated rings. The number of hydrogen-bond acceptors (Lipinski definition) is 1. The van der Waals surface area contributed by atoms with Gasteiger partial charge in [-0.05, 0) is 13.8 Å². The highest BCUT2D eigenvalue weighted by molar-refractivity contribution is 9.09. The summed E-state index contributed by atoms with van der Waals surface area (Å²) in [5.74, 6) is 0.178. The van der Waals surface area contributed by atoms with Crippen LogP contribution in [-0.4, -0.2) is 28.7 Å². The van der Waals surface area contributed by atoms with Crippen molar-refractivity contribution < 1.29 is 4.79 Å². The van der Waals surface area contributed by atoms with Gasteiger partial charge in [-0.15, -0.1) is 0 Å². The Bertz CT molecular complexity index is 194. The number of carbonyl (C=O) groups excluding carboxylic acids is 1. The van der Waals surface area contributed by atoms with Gasteiger partial charge >= 0.3 is 0 Å². The summed E-state index contributed by atoms with van der Waals surface area (Å²) >= 11 is 3.41. The van der Waals surface area contributed by atoms with E-state index in [4.69, 9.17) is 0 Å². The Morgan fingerprint density at radius 2 is 1.62 bits per heavy atom. The topological polar surface area (TPSA) is 20.3 Å². The smallest absolute Gasteiger partial charge is 0.228 e. The van der Waals surface area contributed by atoms with Gasteiger partial charge in [-0.25, -0.2) is 0 Å². The predicted molar refractivity (Wildman–Crippen MR) is 60.1 cm³/mol. The monoisotopic (exact) mass is 249 g/mol. The zero-order chi connectivity index (χ0) is 10.9. The van der Waals surface area contributed by atoms with E-state index in [0.717, 1.165) is 5.33 Å². The van der Waals surface area contributed by atoms with Crippen molar-refractivity contribution in [3.05, 3.63) is 0 Å². The normalized spacial score (nSPS) is 12.8. The second-order valence-electron chi connectivity index (χ2n) is 5.06. The van der Waals surface area contributed by atoms with Crippen molar-refractivity contribution in [3.63, 3.8) is 0 Å². The standard InChI is InChI=1S/C10H20BrNO/c1-9(2,3)8(13)12(6)10(4,5)7-11/h7H2,1-6H3. The quantitative estimate of drug-likeness (QED) is 0.690. The number of amides is 1. The Morgan fingerprint density at radius 1 is 1.23 bits per heavy atom. The number of rotatable bonds is 2. The van der Waals surface area contributed by atoms with E-state index >= 15 is 0 Å². The molecule has 0 atom stereocenters. The molecule has 0 aromatic rings. The summed E-state index contributed by atoms with van der Waals surface area (Å²) in [5, 5.41) is 0.790. The highest BCUT2D eigenvalue weighted by Crippen LogP contribution is 2.23. The van der Waals surface area contributed by atoms with Gasteiger partial charge in [0.2, 0.25) is 5.91 Å². The number of halogens is 1. The van der Waals surface area contributed by atoms with Crippen LogP contribution in [0, 0.1) is 5.41 Å². The first kappa shape index (κ1) is 12.9. The van der Waals surface area contributed by atoms with E-state index in [1.165, 1.54) is 0 Å². The first-order valence-electron chi connectivity index (χ1n) is 4.47. The molecule has 0 heterocycles. The molecule has 0 aliphatic rings. The molecule has 0 radical (unpaired) electrons. The van der Waals surface area contributed by atoms with Crippen LogP contribution in [0.2, 0.25) is 0 Å². The Kier molecular flexibility index (Phi) is 3.97. The fourth-order valence-corrected chi connectivity index (χ4v) is 1.24. The highest BCUT2D eigenvalue weighted by atomic mass is 79.9. The van der Waals surface area contributed by atoms with Gasteiger partial charge in [0.25, 0.3) is 0 Å². The van der Waals surface area contributed by atoms with Crippen LogP contribution >= 0.6 is 15.9 Å².